The van der Waals surface area contributed by atoms with E-state index in [-0.39, 0.29) is 5.56 Å². The highest BCUT2D eigenvalue weighted by Crippen LogP contribution is 2.35. The number of nitrogens with two attached hydrogens (primary N) is 2. The van der Waals surface area contributed by atoms with Gasteiger partial charge in [0.2, 0.25) is 0 Å². The lowest BCUT2D eigenvalue weighted by molar-refractivity contribution is 0.630. The van der Waals surface area contributed by atoms with Crippen LogP contribution in [0, 0.1) is 5.82 Å². The third kappa shape index (κ3) is 3.18. The molecule has 0 aliphatic rings. The zero-order valence-electron chi connectivity index (χ0n) is 14.7. The second kappa shape index (κ2) is 6.98. The molecule has 0 radical (unpaired) electrons. The number of aromatic nitrogens is 2. The van der Waals surface area contributed by atoms with Gasteiger partial charge >= 0.3 is 0 Å². The third-order valence-corrected chi connectivity index (χ3v) is 4.95. The van der Waals surface area contributed by atoms with Crippen LogP contribution in [-0.4, -0.2) is 10.2 Å². The van der Waals surface area contributed by atoms with E-state index >= 15 is 0 Å². The van der Waals surface area contributed by atoms with E-state index in [0.29, 0.717) is 45.0 Å². The Morgan fingerprint density at radius 1 is 0.964 bits per heavy atom. The van der Waals surface area contributed by atoms with Crippen LogP contribution in [0.2, 0.25) is 5.02 Å². The number of hydrogen-bond acceptors (Lipinski definition) is 4. The van der Waals surface area contributed by atoms with Crippen molar-refractivity contribution >= 4 is 33.7 Å². The molecule has 5 N–H and O–H groups in total. The van der Waals surface area contributed by atoms with E-state index in [4.69, 9.17) is 23.1 Å². The summed E-state index contributed by atoms with van der Waals surface area (Å²) in [5.41, 5.74) is 14.3. The van der Waals surface area contributed by atoms with Crippen LogP contribution in [-0.2, 0) is 6.42 Å². The van der Waals surface area contributed by atoms with Crippen molar-refractivity contribution in [2.24, 2.45) is 0 Å². The van der Waals surface area contributed by atoms with Gasteiger partial charge in [0, 0.05) is 22.9 Å². The number of nitrogens with one attached hydrogen (secondary N) is 1. The number of hydrogen-bond donors (Lipinski definition) is 3. The standard InChI is InChI=1S/C21H16ClFN4O/c22-16-10-19(25)18(24)9-14(16)15-7-11(5-6-17(15)23)8-20-12-3-1-2-4-13(12)21(28)27-26-20/h1-7,9-10H,8,24-25H2,(H,27,28). The summed E-state index contributed by atoms with van der Waals surface area (Å²) >= 11 is 6.26. The van der Waals surface area contributed by atoms with Crippen molar-refractivity contribution in [3.8, 4) is 11.1 Å². The number of nitrogens with zero attached hydrogens (tertiary/aromatic N) is 1. The van der Waals surface area contributed by atoms with Crippen molar-refractivity contribution in [3.05, 3.63) is 87.0 Å². The Morgan fingerprint density at radius 3 is 2.46 bits per heavy atom. The number of nitrogen functional groups attached to an aromatic ring is 2. The largest absolute Gasteiger partial charge is 0.397 e. The average Bonchev–Trinajstić information content (AvgIpc) is 2.69. The zero-order valence-corrected chi connectivity index (χ0v) is 15.4. The molecule has 140 valence electrons. The summed E-state index contributed by atoms with van der Waals surface area (Å²) in [5.74, 6) is -0.422. The van der Waals surface area contributed by atoms with E-state index in [1.54, 1.807) is 30.3 Å². The van der Waals surface area contributed by atoms with Crippen LogP contribution in [0.4, 0.5) is 15.8 Å². The fourth-order valence-corrected chi connectivity index (χ4v) is 3.47. The van der Waals surface area contributed by atoms with E-state index in [1.807, 2.05) is 12.1 Å². The Morgan fingerprint density at radius 2 is 1.68 bits per heavy atom. The molecule has 0 aliphatic heterocycles. The summed E-state index contributed by atoms with van der Waals surface area (Å²) in [4.78, 5) is 12.0. The van der Waals surface area contributed by atoms with Gasteiger partial charge in [-0.15, -0.1) is 0 Å². The monoisotopic (exact) mass is 394 g/mol. The molecule has 0 unspecified atom stereocenters. The normalized spacial score (nSPS) is 11.1. The Kier molecular flexibility index (Phi) is 4.49. The Bertz CT molecular complexity index is 1270. The second-order valence-electron chi connectivity index (χ2n) is 6.50. The van der Waals surface area contributed by atoms with Crippen molar-refractivity contribution in [1.82, 2.24) is 10.2 Å². The predicted molar refractivity (Wildman–Crippen MR) is 111 cm³/mol. The maximum Gasteiger partial charge on any atom is 0.272 e. The van der Waals surface area contributed by atoms with Crippen molar-refractivity contribution in [3.63, 3.8) is 0 Å². The smallest absolute Gasteiger partial charge is 0.272 e. The SMILES string of the molecule is Nc1cc(Cl)c(-c2cc(Cc3n[nH]c(=O)c4ccccc34)ccc2F)cc1N. The molecule has 4 aromatic rings. The first-order valence-corrected chi connectivity index (χ1v) is 8.91. The molecular weight excluding hydrogens is 379 g/mol. The molecule has 0 amide bonds. The van der Waals surface area contributed by atoms with Gasteiger partial charge in [-0.1, -0.05) is 35.9 Å². The molecule has 0 fully saturated rings. The van der Waals surface area contributed by atoms with Gasteiger partial charge in [0.25, 0.3) is 5.56 Å². The number of aromatic amines is 1. The number of fused-ring (bicyclic) bond motifs is 1. The minimum absolute atomic E-state index is 0.247. The van der Waals surface area contributed by atoms with E-state index in [2.05, 4.69) is 10.2 Å². The van der Waals surface area contributed by atoms with E-state index in [1.165, 1.54) is 12.1 Å². The summed E-state index contributed by atoms with van der Waals surface area (Å²) < 4.78 is 14.5. The number of rotatable bonds is 3. The number of benzene rings is 3. The second-order valence-corrected chi connectivity index (χ2v) is 6.90. The van der Waals surface area contributed by atoms with Crippen LogP contribution in [0.25, 0.3) is 21.9 Å². The van der Waals surface area contributed by atoms with E-state index in [0.717, 1.165) is 10.9 Å². The maximum absolute atomic E-state index is 14.5. The van der Waals surface area contributed by atoms with Crippen LogP contribution in [0.15, 0.2) is 59.4 Å². The number of anilines is 2. The first-order chi connectivity index (χ1) is 13.4. The average molecular weight is 395 g/mol. The van der Waals surface area contributed by atoms with Gasteiger partial charge in [-0.25, -0.2) is 9.49 Å². The van der Waals surface area contributed by atoms with Crippen LogP contribution in [0.1, 0.15) is 11.3 Å². The van der Waals surface area contributed by atoms with Gasteiger partial charge in [0.1, 0.15) is 5.82 Å². The summed E-state index contributed by atoms with van der Waals surface area (Å²) in [7, 11) is 0. The molecule has 0 aliphatic carbocycles. The molecule has 5 nitrogen and oxygen atoms in total. The van der Waals surface area contributed by atoms with Crippen LogP contribution < -0.4 is 17.0 Å². The molecule has 1 heterocycles. The topological polar surface area (TPSA) is 97.8 Å². The van der Waals surface area contributed by atoms with Gasteiger partial charge in [-0.3, -0.25) is 4.79 Å². The Hall–Kier alpha value is -3.38. The van der Waals surface area contributed by atoms with Gasteiger partial charge in [0.05, 0.1) is 27.5 Å². The molecule has 0 saturated carbocycles. The minimum Gasteiger partial charge on any atom is -0.397 e. The lowest BCUT2D eigenvalue weighted by atomic mass is 9.98. The molecule has 0 atom stereocenters. The molecule has 3 aromatic carbocycles. The quantitative estimate of drug-likeness (QED) is 0.455. The lowest BCUT2D eigenvalue weighted by Gasteiger charge is -2.11. The highest BCUT2D eigenvalue weighted by atomic mass is 35.5. The molecule has 0 bridgehead atoms. The molecular formula is C21H16ClFN4O. The van der Waals surface area contributed by atoms with E-state index < -0.39 is 5.82 Å². The molecule has 7 heteroatoms. The van der Waals surface area contributed by atoms with Gasteiger partial charge in [-0.05, 0) is 35.9 Å². The molecule has 0 saturated heterocycles. The summed E-state index contributed by atoms with van der Waals surface area (Å²) in [6.45, 7) is 0. The van der Waals surface area contributed by atoms with Crippen molar-refractivity contribution in [1.29, 1.82) is 0 Å². The third-order valence-electron chi connectivity index (χ3n) is 4.64. The lowest BCUT2D eigenvalue weighted by Crippen LogP contribution is -2.11. The van der Waals surface area contributed by atoms with Gasteiger partial charge in [-0.2, -0.15) is 5.10 Å². The summed E-state index contributed by atoms with van der Waals surface area (Å²) in [6, 6.07) is 15.1. The fraction of sp³-hybridized carbons (Fsp3) is 0.0476. The predicted octanol–water partition coefficient (Wildman–Crippen LogP) is 4.14. The van der Waals surface area contributed by atoms with Crippen LogP contribution in [0.5, 0.6) is 0 Å². The van der Waals surface area contributed by atoms with Crippen LogP contribution in [0.3, 0.4) is 0 Å². The molecule has 4 rings (SSSR count). The highest BCUT2D eigenvalue weighted by Gasteiger charge is 2.14. The number of halogens is 2. The van der Waals surface area contributed by atoms with Gasteiger partial charge in [0.15, 0.2) is 0 Å². The highest BCUT2D eigenvalue weighted by molar-refractivity contribution is 6.33. The molecule has 28 heavy (non-hydrogen) atoms. The maximum atomic E-state index is 14.5. The minimum atomic E-state index is -0.422. The molecule has 1 aromatic heterocycles. The fourth-order valence-electron chi connectivity index (χ4n) is 3.20. The van der Waals surface area contributed by atoms with E-state index in [9.17, 15) is 9.18 Å². The van der Waals surface area contributed by atoms with Crippen LogP contribution >= 0.6 is 11.6 Å². The summed E-state index contributed by atoms with van der Waals surface area (Å²) in [6.07, 6.45) is 0.409. The Balaban J connectivity index is 1.80. The van der Waals surface area contributed by atoms with Crippen molar-refractivity contribution in [2.75, 3.05) is 11.5 Å². The number of H-pyrrole nitrogens is 1. The van der Waals surface area contributed by atoms with Crippen molar-refractivity contribution < 1.29 is 4.39 Å². The summed E-state index contributed by atoms with van der Waals surface area (Å²) in [5, 5.41) is 8.32. The molecule has 0 spiro atoms. The van der Waals surface area contributed by atoms with Gasteiger partial charge < -0.3 is 11.5 Å². The first kappa shape index (κ1) is 18.0. The van der Waals surface area contributed by atoms with Crippen molar-refractivity contribution in [2.45, 2.75) is 6.42 Å². The Labute approximate surface area is 164 Å². The first-order valence-electron chi connectivity index (χ1n) is 8.53. The zero-order chi connectivity index (χ0) is 19.8.